The van der Waals surface area contributed by atoms with Crippen LogP contribution in [0.25, 0.3) is 0 Å². The summed E-state index contributed by atoms with van der Waals surface area (Å²) in [6.07, 6.45) is 4.06. The van der Waals surface area contributed by atoms with Gasteiger partial charge in [0.05, 0.1) is 5.75 Å². The minimum Gasteiger partial charge on any atom is -0.299 e. The highest BCUT2D eigenvalue weighted by Crippen LogP contribution is 2.35. The van der Waals surface area contributed by atoms with Crippen molar-refractivity contribution in [1.29, 1.82) is 0 Å². The van der Waals surface area contributed by atoms with Crippen LogP contribution in [0.3, 0.4) is 0 Å². The molecule has 114 valence electrons. The van der Waals surface area contributed by atoms with E-state index in [2.05, 4.69) is 0 Å². The number of hydrogen-bond acceptors (Lipinski definition) is 3. The van der Waals surface area contributed by atoms with Gasteiger partial charge in [0.1, 0.15) is 5.78 Å². The standard InChI is InChI=1S/C16H21NO3S/c18-16-10-4-8-14(16)15-9-5-11-17(15)21(19,20)12-13-6-2-1-3-7-13/h1-3,6-7,14-15H,4-5,8-12H2. The maximum absolute atomic E-state index is 12.7. The van der Waals surface area contributed by atoms with Gasteiger partial charge in [-0.3, -0.25) is 4.79 Å². The normalized spacial score (nSPS) is 27.3. The lowest BCUT2D eigenvalue weighted by molar-refractivity contribution is -0.121. The summed E-state index contributed by atoms with van der Waals surface area (Å²) in [5, 5.41) is 0. The highest BCUT2D eigenvalue weighted by atomic mass is 32.2. The van der Waals surface area contributed by atoms with Gasteiger partial charge in [0.2, 0.25) is 10.0 Å². The first kappa shape index (κ1) is 14.7. The van der Waals surface area contributed by atoms with E-state index in [9.17, 15) is 13.2 Å². The lowest BCUT2D eigenvalue weighted by atomic mass is 9.96. The molecular weight excluding hydrogens is 286 g/mol. The van der Waals surface area contributed by atoms with Gasteiger partial charge in [0.15, 0.2) is 0 Å². The number of rotatable bonds is 4. The van der Waals surface area contributed by atoms with Gasteiger partial charge in [-0.15, -0.1) is 0 Å². The van der Waals surface area contributed by atoms with E-state index in [0.29, 0.717) is 13.0 Å². The van der Waals surface area contributed by atoms with Crippen LogP contribution in [0.1, 0.15) is 37.7 Å². The van der Waals surface area contributed by atoms with Crippen LogP contribution in [0, 0.1) is 5.92 Å². The number of Topliss-reactive ketones (excluding diaryl/α,β-unsaturated/α-hetero) is 1. The molecule has 2 unspecified atom stereocenters. The van der Waals surface area contributed by atoms with Crippen LogP contribution in [0.4, 0.5) is 0 Å². The molecule has 0 bridgehead atoms. The molecule has 2 atom stereocenters. The molecule has 1 heterocycles. The number of carbonyl (C=O) groups is 1. The van der Waals surface area contributed by atoms with Crippen LogP contribution < -0.4 is 0 Å². The van der Waals surface area contributed by atoms with E-state index in [0.717, 1.165) is 31.2 Å². The van der Waals surface area contributed by atoms with E-state index >= 15 is 0 Å². The minimum absolute atomic E-state index is 0.0330. The van der Waals surface area contributed by atoms with Crippen molar-refractivity contribution in [2.75, 3.05) is 6.54 Å². The van der Waals surface area contributed by atoms with Crippen LogP contribution in [-0.2, 0) is 20.6 Å². The molecular formula is C16H21NO3S. The lowest BCUT2D eigenvalue weighted by Gasteiger charge is -2.27. The summed E-state index contributed by atoms with van der Waals surface area (Å²) in [7, 11) is -3.34. The second-order valence-electron chi connectivity index (χ2n) is 6.03. The van der Waals surface area contributed by atoms with Crippen molar-refractivity contribution in [1.82, 2.24) is 4.31 Å². The molecule has 0 spiro atoms. The second-order valence-corrected chi connectivity index (χ2v) is 7.95. The number of ketones is 1. The van der Waals surface area contributed by atoms with Gasteiger partial charge in [-0.25, -0.2) is 8.42 Å². The molecule has 5 heteroatoms. The van der Waals surface area contributed by atoms with Gasteiger partial charge in [-0.2, -0.15) is 4.31 Å². The van der Waals surface area contributed by atoms with Crippen molar-refractivity contribution in [3.05, 3.63) is 35.9 Å². The molecule has 2 aliphatic rings. The second kappa shape index (κ2) is 5.89. The predicted molar refractivity (Wildman–Crippen MR) is 81.1 cm³/mol. The molecule has 0 radical (unpaired) electrons. The Balaban J connectivity index is 1.79. The molecule has 4 nitrogen and oxygen atoms in total. The van der Waals surface area contributed by atoms with Crippen LogP contribution in [0.2, 0.25) is 0 Å². The first-order valence-electron chi connectivity index (χ1n) is 7.64. The van der Waals surface area contributed by atoms with Crippen molar-refractivity contribution in [2.24, 2.45) is 5.92 Å². The van der Waals surface area contributed by atoms with Gasteiger partial charge >= 0.3 is 0 Å². The van der Waals surface area contributed by atoms with E-state index in [-0.39, 0.29) is 23.5 Å². The van der Waals surface area contributed by atoms with E-state index in [4.69, 9.17) is 0 Å². The molecule has 1 aliphatic heterocycles. The van der Waals surface area contributed by atoms with Gasteiger partial charge in [0.25, 0.3) is 0 Å². The lowest BCUT2D eigenvalue weighted by Crippen LogP contribution is -2.41. The summed E-state index contributed by atoms with van der Waals surface area (Å²) >= 11 is 0. The summed E-state index contributed by atoms with van der Waals surface area (Å²) in [6.45, 7) is 0.559. The number of nitrogens with zero attached hydrogens (tertiary/aromatic N) is 1. The maximum atomic E-state index is 12.7. The zero-order valence-corrected chi connectivity index (χ0v) is 12.9. The molecule has 0 aromatic heterocycles. The zero-order valence-electron chi connectivity index (χ0n) is 12.1. The summed E-state index contributed by atoms with van der Waals surface area (Å²) < 4.78 is 27.0. The zero-order chi connectivity index (χ0) is 14.9. The van der Waals surface area contributed by atoms with Crippen LogP contribution >= 0.6 is 0 Å². The fraction of sp³-hybridized carbons (Fsp3) is 0.562. The topological polar surface area (TPSA) is 54.5 Å². The van der Waals surface area contributed by atoms with E-state index < -0.39 is 10.0 Å². The fourth-order valence-corrected chi connectivity index (χ4v) is 5.48. The summed E-state index contributed by atoms with van der Waals surface area (Å²) in [5.41, 5.74) is 0.806. The highest BCUT2D eigenvalue weighted by Gasteiger charge is 2.42. The Morgan fingerprint density at radius 1 is 1.10 bits per heavy atom. The van der Waals surface area contributed by atoms with E-state index in [1.165, 1.54) is 0 Å². The molecule has 1 aromatic rings. The Morgan fingerprint density at radius 2 is 1.86 bits per heavy atom. The third-order valence-corrected chi connectivity index (χ3v) is 6.48. The Bertz CT molecular complexity index is 612. The van der Waals surface area contributed by atoms with Crippen LogP contribution in [-0.4, -0.2) is 31.1 Å². The van der Waals surface area contributed by atoms with Gasteiger partial charge in [0, 0.05) is 24.9 Å². The van der Waals surface area contributed by atoms with Gasteiger partial charge in [-0.1, -0.05) is 30.3 Å². The van der Waals surface area contributed by atoms with E-state index in [1.807, 2.05) is 30.3 Å². The Morgan fingerprint density at radius 3 is 2.52 bits per heavy atom. The van der Waals surface area contributed by atoms with Crippen molar-refractivity contribution >= 4 is 15.8 Å². The number of benzene rings is 1. The van der Waals surface area contributed by atoms with Crippen LogP contribution in [0.15, 0.2) is 30.3 Å². The van der Waals surface area contributed by atoms with Gasteiger partial charge in [-0.05, 0) is 31.2 Å². The first-order chi connectivity index (χ1) is 10.1. The number of sulfonamides is 1. The Kier molecular flexibility index (Phi) is 4.13. The molecule has 1 saturated carbocycles. The van der Waals surface area contributed by atoms with E-state index in [1.54, 1.807) is 4.31 Å². The SMILES string of the molecule is O=C1CCCC1C1CCCN1S(=O)(=O)Cc1ccccc1. The molecule has 1 saturated heterocycles. The predicted octanol–water partition coefficient (Wildman–Crippen LogP) is 2.35. The smallest absolute Gasteiger partial charge is 0.218 e. The molecule has 2 fully saturated rings. The van der Waals surface area contributed by atoms with Crippen molar-refractivity contribution in [3.8, 4) is 0 Å². The average Bonchev–Trinajstić information content (AvgIpc) is 3.07. The summed E-state index contributed by atoms with van der Waals surface area (Å²) in [6, 6.07) is 9.16. The Hall–Kier alpha value is -1.20. The molecule has 0 amide bonds. The fourth-order valence-electron chi connectivity index (χ4n) is 3.63. The summed E-state index contributed by atoms with van der Waals surface area (Å²) in [4.78, 5) is 12.0. The monoisotopic (exact) mass is 307 g/mol. The van der Waals surface area contributed by atoms with Crippen LogP contribution in [0.5, 0.6) is 0 Å². The largest absolute Gasteiger partial charge is 0.299 e. The molecule has 1 aromatic carbocycles. The number of carbonyl (C=O) groups excluding carboxylic acids is 1. The van der Waals surface area contributed by atoms with Gasteiger partial charge < -0.3 is 0 Å². The third-order valence-electron chi connectivity index (χ3n) is 4.61. The molecule has 0 N–H and O–H groups in total. The Labute approximate surface area is 126 Å². The highest BCUT2D eigenvalue weighted by molar-refractivity contribution is 7.88. The average molecular weight is 307 g/mol. The van der Waals surface area contributed by atoms with Crippen molar-refractivity contribution < 1.29 is 13.2 Å². The quantitative estimate of drug-likeness (QED) is 0.858. The molecule has 3 rings (SSSR count). The molecule has 1 aliphatic carbocycles. The first-order valence-corrected chi connectivity index (χ1v) is 9.25. The molecule has 21 heavy (non-hydrogen) atoms. The van der Waals surface area contributed by atoms with Crippen molar-refractivity contribution in [2.45, 2.75) is 43.9 Å². The third kappa shape index (κ3) is 3.04. The maximum Gasteiger partial charge on any atom is 0.218 e. The summed E-state index contributed by atoms with van der Waals surface area (Å²) in [5.74, 6) is 0.213. The number of hydrogen-bond donors (Lipinski definition) is 0. The van der Waals surface area contributed by atoms with Crippen molar-refractivity contribution in [3.63, 3.8) is 0 Å². The minimum atomic E-state index is -3.34.